The van der Waals surface area contributed by atoms with E-state index in [1.54, 1.807) is 0 Å². The Morgan fingerprint density at radius 1 is 1.42 bits per heavy atom. The molecule has 0 saturated carbocycles. The minimum absolute atomic E-state index is 0. The number of carbonyl (C=O) groups is 2. The first-order chi connectivity index (χ1) is 5.04. The van der Waals surface area contributed by atoms with E-state index in [9.17, 15) is 9.59 Å². The fourth-order valence-electron chi connectivity index (χ4n) is 0.469. The maximum Gasteiger partial charge on any atom is 0.394 e. The number of rotatable bonds is 3. The molecular formula is C6H13ClN2O3. The van der Waals surface area contributed by atoms with Crippen LogP contribution in [0.5, 0.6) is 0 Å². The van der Waals surface area contributed by atoms with Crippen molar-refractivity contribution in [3.63, 3.8) is 0 Å². The zero-order chi connectivity index (χ0) is 8.85. The Hall–Kier alpha value is -0.810. The van der Waals surface area contributed by atoms with Gasteiger partial charge < -0.3 is 15.3 Å². The summed E-state index contributed by atoms with van der Waals surface area (Å²) in [7, 11) is 3.68. The molecule has 0 atom stereocenters. The summed E-state index contributed by atoms with van der Waals surface area (Å²) >= 11 is 0. The number of carboxylic acid groups (broad SMARTS) is 1. The minimum atomic E-state index is -1.44. The molecule has 1 amide bonds. The van der Waals surface area contributed by atoms with Crippen molar-refractivity contribution < 1.29 is 14.7 Å². The topological polar surface area (TPSA) is 69.6 Å². The Bertz CT molecular complexity index is 161. The molecule has 0 heterocycles. The average molecular weight is 197 g/mol. The molecule has 0 aliphatic heterocycles. The first-order valence-corrected chi connectivity index (χ1v) is 3.20. The predicted molar refractivity (Wildman–Crippen MR) is 46.4 cm³/mol. The third-order valence-corrected chi connectivity index (χ3v) is 1.04. The van der Waals surface area contributed by atoms with Crippen molar-refractivity contribution in [2.24, 2.45) is 0 Å². The maximum atomic E-state index is 10.4. The Balaban J connectivity index is 0. The standard InChI is InChI=1S/C6H12N2O3.ClH/c1-8(2)4-3-7-5(9)6(10)11;/h3-4H2,1-2H3,(H,7,9)(H,10,11);1H. The van der Waals surface area contributed by atoms with Crippen LogP contribution in [0.3, 0.4) is 0 Å². The summed E-state index contributed by atoms with van der Waals surface area (Å²) in [5.74, 6) is -2.39. The Morgan fingerprint density at radius 2 is 1.92 bits per heavy atom. The summed E-state index contributed by atoms with van der Waals surface area (Å²) < 4.78 is 0. The van der Waals surface area contributed by atoms with Crippen LogP contribution in [0.1, 0.15) is 0 Å². The van der Waals surface area contributed by atoms with Gasteiger partial charge >= 0.3 is 11.9 Å². The van der Waals surface area contributed by atoms with E-state index < -0.39 is 11.9 Å². The Labute approximate surface area is 77.1 Å². The van der Waals surface area contributed by atoms with Crippen molar-refractivity contribution in [2.75, 3.05) is 27.2 Å². The van der Waals surface area contributed by atoms with Crippen molar-refractivity contribution in [1.82, 2.24) is 10.2 Å². The molecule has 0 spiro atoms. The highest BCUT2D eigenvalue weighted by atomic mass is 35.5. The lowest BCUT2D eigenvalue weighted by molar-refractivity contribution is -0.150. The van der Waals surface area contributed by atoms with E-state index in [2.05, 4.69) is 5.32 Å². The van der Waals surface area contributed by atoms with Gasteiger partial charge in [-0.1, -0.05) is 0 Å². The lowest BCUT2D eigenvalue weighted by atomic mass is 10.5. The molecular weight excluding hydrogens is 184 g/mol. The zero-order valence-electron chi connectivity index (χ0n) is 7.03. The molecule has 0 bridgehead atoms. The van der Waals surface area contributed by atoms with Crippen molar-refractivity contribution in [1.29, 1.82) is 0 Å². The third kappa shape index (κ3) is 7.30. The first-order valence-electron chi connectivity index (χ1n) is 3.20. The van der Waals surface area contributed by atoms with Gasteiger partial charge in [-0.15, -0.1) is 12.4 Å². The van der Waals surface area contributed by atoms with Gasteiger partial charge in [0.2, 0.25) is 0 Å². The molecule has 5 nitrogen and oxygen atoms in total. The fourth-order valence-corrected chi connectivity index (χ4v) is 0.469. The summed E-state index contributed by atoms with van der Waals surface area (Å²) in [4.78, 5) is 22.2. The summed E-state index contributed by atoms with van der Waals surface area (Å²) in [5.41, 5.74) is 0. The van der Waals surface area contributed by atoms with E-state index >= 15 is 0 Å². The number of amides is 1. The molecule has 6 heteroatoms. The fraction of sp³-hybridized carbons (Fsp3) is 0.667. The second-order valence-electron chi connectivity index (χ2n) is 2.36. The van der Waals surface area contributed by atoms with Crippen LogP contribution < -0.4 is 5.32 Å². The van der Waals surface area contributed by atoms with E-state index in [1.807, 2.05) is 19.0 Å². The Kier molecular flexibility index (Phi) is 7.88. The highest BCUT2D eigenvalue weighted by Gasteiger charge is 2.08. The number of aliphatic carboxylic acids is 1. The van der Waals surface area contributed by atoms with E-state index in [4.69, 9.17) is 5.11 Å². The molecule has 0 fully saturated rings. The van der Waals surface area contributed by atoms with E-state index in [-0.39, 0.29) is 12.4 Å². The normalized spacial score (nSPS) is 8.92. The second-order valence-corrected chi connectivity index (χ2v) is 2.36. The van der Waals surface area contributed by atoms with Crippen LogP contribution >= 0.6 is 12.4 Å². The highest BCUT2D eigenvalue weighted by molar-refractivity contribution is 6.31. The molecule has 2 N–H and O–H groups in total. The number of nitrogens with zero attached hydrogens (tertiary/aromatic N) is 1. The third-order valence-electron chi connectivity index (χ3n) is 1.04. The van der Waals surface area contributed by atoms with Gasteiger partial charge in [0.15, 0.2) is 0 Å². The number of hydrogen-bond donors (Lipinski definition) is 2. The molecule has 0 aliphatic rings. The van der Waals surface area contributed by atoms with Crippen LogP contribution in [-0.2, 0) is 9.59 Å². The molecule has 0 aromatic carbocycles. The van der Waals surface area contributed by atoms with E-state index in [0.717, 1.165) is 0 Å². The number of carbonyl (C=O) groups excluding carboxylic acids is 1. The molecule has 0 aromatic rings. The molecule has 0 rings (SSSR count). The second kappa shape index (κ2) is 6.87. The summed E-state index contributed by atoms with van der Waals surface area (Å²) in [5, 5.41) is 10.4. The molecule has 0 unspecified atom stereocenters. The van der Waals surface area contributed by atoms with Crippen LogP contribution in [0.15, 0.2) is 0 Å². The first kappa shape index (κ1) is 13.8. The van der Waals surface area contributed by atoms with E-state index in [0.29, 0.717) is 13.1 Å². The molecule has 72 valence electrons. The summed E-state index contributed by atoms with van der Waals surface area (Å²) in [6.45, 7) is 0.997. The van der Waals surface area contributed by atoms with Gasteiger partial charge in [-0.25, -0.2) is 4.79 Å². The summed E-state index contributed by atoms with van der Waals surface area (Å²) in [6, 6.07) is 0. The molecule has 0 radical (unpaired) electrons. The van der Waals surface area contributed by atoms with Crippen molar-refractivity contribution >= 4 is 24.3 Å². The van der Waals surface area contributed by atoms with Crippen molar-refractivity contribution in [2.45, 2.75) is 0 Å². The number of hydrogen-bond acceptors (Lipinski definition) is 3. The number of carboxylic acids is 1. The summed E-state index contributed by atoms with van der Waals surface area (Å²) in [6.07, 6.45) is 0. The van der Waals surface area contributed by atoms with Crippen LogP contribution in [0.2, 0.25) is 0 Å². The lowest BCUT2D eigenvalue weighted by Crippen LogP contribution is -2.35. The molecule has 0 saturated heterocycles. The quantitative estimate of drug-likeness (QED) is 0.579. The van der Waals surface area contributed by atoms with Gasteiger partial charge in [0.05, 0.1) is 0 Å². The van der Waals surface area contributed by atoms with Gasteiger partial charge in [0.25, 0.3) is 0 Å². The van der Waals surface area contributed by atoms with Gasteiger partial charge in [-0.2, -0.15) is 0 Å². The van der Waals surface area contributed by atoms with Gasteiger partial charge in [0, 0.05) is 13.1 Å². The lowest BCUT2D eigenvalue weighted by Gasteiger charge is -2.08. The number of halogens is 1. The minimum Gasteiger partial charge on any atom is -0.474 e. The number of likely N-dealkylation sites (N-methyl/N-ethyl adjacent to an activating group) is 1. The van der Waals surface area contributed by atoms with Crippen LogP contribution in [0, 0.1) is 0 Å². The molecule has 0 aromatic heterocycles. The molecule has 12 heavy (non-hydrogen) atoms. The number of nitrogens with one attached hydrogen (secondary N) is 1. The van der Waals surface area contributed by atoms with Crippen LogP contribution in [-0.4, -0.2) is 49.1 Å². The monoisotopic (exact) mass is 196 g/mol. The van der Waals surface area contributed by atoms with Gasteiger partial charge in [-0.3, -0.25) is 4.79 Å². The average Bonchev–Trinajstić information content (AvgIpc) is 1.86. The highest BCUT2D eigenvalue weighted by Crippen LogP contribution is 1.71. The van der Waals surface area contributed by atoms with E-state index in [1.165, 1.54) is 0 Å². The van der Waals surface area contributed by atoms with Crippen LogP contribution in [0.4, 0.5) is 0 Å². The largest absolute Gasteiger partial charge is 0.474 e. The SMILES string of the molecule is CN(C)CCNC(=O)C(=O)O.Cl. The van der Waals surface area contributed by atoms with Gasteiger partial charge in [0.1, 0.15) is 0 Å². The smallest absolute Gasteiger partial charge is 0.394 e. The maximum absolute atomic E-state index is 10.4. The van der Waals surface area contributed by atoms with Crippen molar-refractivity contribution in [3.05, 3.63) is 0 Å². The Morgan fingerprint density at radius 3 is 2.25 bits per heavy atom. The predicted octanol–water partition coefficient (Wildman–Crippen LogP) is -0.829. The van der Waals surface area contributed by atoms with Gasteiger partial charge in [-0.05, 0) is 14.1 Å². The molecule has 0 aliphatic carbocycles. The van der Waals surface area contributed by atoms with Crippen LogP contribution in [0.25, 0.3) is 0 Å². The van der Waals surface area contributed by atoms with Crippen molar-refractivity contribution in [3.8, 4) is 0 Å². The zero-order valence-corrected chi connectivity index (χ0v) is 7.85.